The normalized spacial score (nSPS) is 10.4. The summed E-state index contributed by atoms with van der Waals surface area (Å²) in [6.07, 6.45) is 1.86. The second kappa shape index (κ2) is 4.89. The number of hydrogen-bond acceptors (Lipinski definition) is 1. The molecular weight excluding hydrogens is 243 g/mol. The van der Waals surface area contributed by atoms with E-state index in [-0.39, 0.29) is 5.82 Å². The van der Waals surface area contributed by atoms with Gasteiger partial charge in [0.05, 0.1) is 0 Å². The van der Waals surface area contributed by atoms with Gasteiger partial charge in [0.1, 0.15) is 5.82 Å². The molecule has 0 nitrogen and oxygen atoms in total. The molecule has 16 heavy (non-hydrogen) atoms. The first-order chi connectivity index (χ1) is 7.70. The third-order valence-electron chi connectivity index (χ3n) is 2.33. The zero-order valence-electron chi connectivity index (χ0n) is 8.71. The van der Waals surface area contributed by atoms with Crippen LogP contribution in [0.15, 0.2) is 47.4 Å². The molecule has 0 unspecified atom stereocenters. The molecule has 82 valence electrons. The Balaban J connectivity index is 2.41. The Morgan fingerprint density at radius 2 is 1.62 bits per heavy atom. The number of benzene rings is 2. The Morgan fingerprint density at radius 3 is 2.19 bits per heavy atom. The number of halogens is 2. The summed E-state index contributed by atoms with van der Waals surface area (Å²) in [4.78, 5) is 0.665. The average Bonchev–Trinajstić information content (AvgIpc) is 2.30. The number of thioether (sulfide) groups is 1. The van der Waals surface area contributed by atoms with E-state index in [1.807, 2.05) is 24.5 Å². The largest absolute Gasteiger partial charge is 0.206 e. The van der Waals surface area contributed by atoms with Crippen LogP contribution in [0.4, 0.5) is 4.39 Å². The topological polar surface area (TPSA) is 0 Å². The molecule has 0 aliphatic rings. The molecule has 0 radical (unpaired) electrons. The first kappa shape index (κ1) is 11.5. The van der Waals surface area contributed by atoms with Crippen molar-refractivity contribution in [2.24, 2.45) is 0 Å². The molecule has 2 aromatic rings. The van der Waals surface area contributed by atoms with E-state index < -0.39 is 0 Å². The molecule has 0 spiro atoms. The molecule has 0 atom stereocenters. The molecule has 0 amide bonds. The summed E-state index contributed by atoms with van der Waals surface area (Å²) < 4.78 is 13.6. The van der Waals surface area contributed by atoms with E-state index >= 15 is 0 Å². The average molecular weight is 253 g/mol. The molecule has 0 aromatic heterocycles. The van der Waals surface area contributed by atoms with Crippen molar-refractivity contribution in [3.63, 3.8) is 0 Å². The van der Waals surface area contributed by atoms with Crippen molar-refractivity contribution in [1.29, 1.82) is 0 Å². The van der Waals surface area contributed by atoms with Gasteiger partial charge in [-0.1, -0.05) is 29.8 Å². The van der Waals surface area contributed by atoms with Crippen LogP contribution in [-0.2, 0) is 0 Å². The molecule has 2 rings (SSSR count). The fourth-order valence-electron chi connectivity index (χ4n) is 1.49. The van der Waals surface area contributed by atoms with Crippen LogP contribution in [0.25, 0.3) is 11.1 Å². The van der Waals surface area contributed by atoms with Crippen LogP contribution in [0.2, 0.25) is 5.02 Å². The fourth-order valence-corrected chi connectivity index (χ4v) is 2.07. The maximum absolute atomic E-state index is 13.6. The summed E-state index contributed by atoms with van der Waals surface area (Å²) in [7, 11) is 0. The van der Waals surface area contributed by atoms with Crippen molar-refractivity contribution in [3.8, 4) is 11.1 Å². The lowest BCUT2D eigenvalue weighted by Crippen LogP contribution is -1.83. The van der Waals surface area contributed by atoms with Crippen LogP contribution < -0.4 is 0 Å². The maximum Gasteiger partial charge on any atom is 0.137 e. The van der Waals surface area contributed by atoms with E-state index in [1.165, 1.54) is 11.8 Å². The Labute approximate surface area is 103 Å². The predicted octanol–water partition coefficient (Wildman–Crippen LogP) is 4.87. The Kier molecular flexibility index (Phi) is 3.52. The van der Waals surface area contributed by atoms with Gasteiger partial charge in [0.2, 0.25) is 0 Å². The van der Waals surface area contributed by atoms with Gasteiger partial charge in [-0.15, -0.1) is 11.8 Å². The third-order valence-corrected chi connectivity index (χ3v) is 3.35. The van der Waals surface area contributed by atoms with E-state index in [0.717, 1.165) is 11.1 Å². The molecule has 0 heterocycles. The van der Waals surface area contributed by atoms with Crippen LogP contribution in [-0.4, -0.2) is 6.26 Å². The summed E-state index contributed by atoms with van der Waals surface area (Å²) in [6.45, 7) is 0. The highest BCUT2D eigenvalue weighted by Gasteiger charge is 2.03. The van der Waals surface area contributed by atoms with Gasteiger partial charge in [-0.2, -0.15) is 0 Å². The maximum atomic E-state index is 13.6. The van der Waals surface area contributed by atoms with E-state index in [0.29, 0.717) is 9.92 Å². The Bertz CT molecular complexity index is 494. The van der Waals surface area contributed by atoms with Crippen molar-refractivity contribution >= 4 is 23.4 Å². The molecule has 0 bridgehead atoms. The van der Waals surface area contributed by atoms with Crippen LogP contribution in [0.5, 0.6) is 0 Å². The highest BCUT2D eigenvalue weighted by molar-refractivity contribution is 7.98. The van der Waals surface area contributed by atoms with Crippen LogP contribution >= 0.6 is 23.4 Å². The summed E-state index contributed by atoms with van der Waals surface area (Å²) in [6, 6.07) is 12.6. The van der Waals surface area contributed by atoms with Crippen molar-refractivity contribution in [1.82, 2.24) is 0 Å². The molecule has 3 heteroatoms. The molecule has 2 aromatic carbocycles. The highest BCUT2D eigenvalue weighted by atomic mass is 35.5. The van der Waals surface area contributed by atoms with E-state index in [9.17, 15) is 4.39 Å². The first-order valence-corrected chi connectivity index (χ1v) is 6.40. The lowest BCUT2D eigenvalue weighted by atomic mass is 10.1. The zero-order chi connectivity index (χ0) is 11.5. The monoisotopic (exact) mass is 252 g/mol. The molecule has 0 saturated heterocycles. The van der Waals surface area contributed by atoms with Crippen LogP contribution in [0.3, 0.4) is 0 Å². The van der Waals surface area contributed by atoms with Gasteiger partial charge in [-0.05, 0) is 41.6 Å². The second-order valence-electron chi connectivity index (χ2n) is 3.36. The second-order valence-corrected chi connectivity index (χ2v) is 4.64. The van der Waals surface area contributed by atoms with Crippen molar-refractivity contribution in [2.75, 3.05) is 6.26 Å². The van der Waals surface area contributed by atoms with Gasteiger partial charge in [-0.25, -0.2) is 4.39 Å². The van der Waals surface area contributed by atoms with E-state index in [4.69, 9.17) is 11.6 Å². The van der Waals surface area contributed by atoms with Crippen LogP contribution in [0, 0.1) is 5.82 Å². The van der Waals surface area contributed by atoms with E-state index in [1.54, 1.807) is 24.3 Å². The van der Waals surface area contributed by atoms with Gasteiger partial charge >= 0.3 is 0 Å². The molecule has 0 aliphatic carbocycles. The summed E-state index contributed by atoms with van der Waals surface area (Å²) in [5.74, 6) is -0.181. The van der Waals surface area contributed by atoms with Gasteiger partial charge in [-0.3, -0.25) is 0 Å². The molecule has 0 saturated carbocycles. The fraction of sp³-hybridized carbons (Fsp3) is 0.0769. The van der Waals surface area contributed by atoms with Gasteiger partial charge in [0.25, 0.3) is 0 Å². The van der Waals surface area contributed by atoms with Gasteiger partial charge in [0.15, 0.2) is 0 Å². The minimum atomic E-state index is -0.181. The first-order valence-electron chi connectivity index (χ1n) is 4.80. The van der Waals surface area contributed by atoms with Crippen molar-refractivity contribution < 1.29 is 4.39 Å². The molecule has 0 N–H and O–H groups in total. The predicted molar refractivity (Wildman–Crippen MR) is 68.6 cm³/mol. The summed E-state index contributed by atoms with van der Waals surface area (Å²) >= 11 is 7.21. The van der Waals surface area contributed by atoms with Gasteiger partial charge < -0.3 is 0 Å². The van der Waals surface area contributed by atoms with Gasteiger partial charge in [0, 0.05) is 9.92 Å². The van der Waals surface area contributed by atoms with Crippen LogP contribution in [0.1, 0.15) is 0 Å². The molecular formula is C13H10ClFS. The quantitative estimate of drug-likeness (QED) is 0.688. The third kappa shape index (κ3) is 2.39. The van der Waals surface area contributed by atoms with E-state index in [2.05, 4.69) is 0 Å². The molecule has 0 aliphatic heterocycles. The zero-order valence-corrected chi connectivity index (χ0v) is 10.3. The SMILES string of the molecule is CSc1ccc(-c2ccc(Cl)cc2)cc1F. The van der Waals surface area contributed by atoms with Crippen molar-refractivity contribution in [3.05, 3.63) is 53.3 Å². The van der Waals surface area contributed by atoms with Crippen molar-refractivity contribution in [2.45, 2.75) is 4.90 Å². The highest BCUT2D eigenvalue weighted by Crippen LogP contribution is 2.26. The summed E-state index contributed by atoms with van der Waals surface area (Å²) in [5, 5.41) is 0.685. The Morgan fingerprint density at radius 1 is 1.00 bits per heavy atom. The minimum absolute atomic E-state index is 0.181. The lowest BCUT2D eigenvalue weighted by Gasteiger charge is -2.04. The smallest absolute Gasteiger partial charge is 0.137 e. The lowest BCUT2D eigenvalue weighted by molar-refractivity contribution is 0.603. The molecule has 0 fully saturated rings. The summed E-state index contributed by atoms with van der Waals surface area (Å²) in [5.41, 5.74) is 1.84. The number of hydrogen-bond donors (Lipinski definition) is 0. The Hall–Kier alpha value is -0.990. The number of rotatable bonds is 2. The minimum Gasteiger partial charge on any atom is -0.206 e. The standard InChI is InChI=1S/C13H10ClFS/c1-16-13-7-4-10(8-12(13)15)9-2-5-11(14)6-3-9/h2-8H,1H3.